The van der Waals surface area contributed by atoms with Crippen LogP contribution in [0.25, 0.3) is 0 Å². The maximum Gasteiger partial charge on any atom is 0.140 e. The van der Waals surface area contributed by atoms with Crippen molar-refractivity contribution < 1.29 is 9.13 Å². The van der Waals surface area contributed by atoms with Crippen LogP contribution in [-0.2, 0) is 6.61 Å². The van der Waals surface area contributed by atoms with Crippen LogP contribution in [0.1, 0.15) is 11.1 Å². The molecule has 0 aromatic heterocycles. The van der Waals surface area contributed by atoms with Crippen molar-refractivity contribution >= 4 is 11.8 Å². The van der Waals surface area contributed by atoms with Crippen LogP contribution < -0.4 is 4.74 Å². The van der Waals surface area contributed by atoms with Crippen LogP contribution >= 0.6 is 11.8 Å². The second-order valence-corrected chi connectivity index (χ2v) is 4.71. The Morgan fingerprint density at radius 1 is 1.26 bits per heavy atom. The van der Waals surface area contributed by atoms with Gasteiger partial charge in [-0.05, 0) is 36.1 Å². The van der Waals surface area contributed by atoms with E-state index in [-0.39, 0.29) is 5.56 Å². The first-order valence-corrected chi connectivity index (χ1v) is 6.91. The van der Waals surface area contributed by atoms with Crippen LogP contribution in [0.15, 0.2) is 47.4 Å². The average molecular weight is 273 g/mol. The van der Waals surface area contributed by atoms with E-state index in [0.29, 0.717) is 6.61 Å². The molecule has 96 valence electrons. The predicted molar refractivity (Wildman–Crippen MR) is 73.7 cm³/mol. The smallest absolute Gasteiger partial charge is 0.140 e. The normalized spacial score (nSPS) is 9.95. The van der Waals surface area contributed by atoms with Gasteiger partial charge < -0.3 is 4.74 Å². The fourth-order valence-electron chi connectivity index (χ4n) is 1.65. The minimum Gasteiger partial charge on any atom is -0.488 e. The van der Waals surface area contributed by atoms with Crippen LogP contribution in [0.4, 0.5) is 4.39 Å². The topological polar surface area (TPSA) is 33.0 Å². The summed E-state index contributed by atoms with van der Waals surface area (Å²) < 4.78 is 18.9. The van der Waals surface area contributed by atoms with Gasteiger partial charge in [0.25, 0.3) is 0 Å². The molecule has 0 spiro atoms. The molecule has 0 aliphatic rings. The summed E-state index contributed by atoms with van der Waals surface area (Å²) in [4.78, 5) is 1.05. The summed E-state index contributed by atoms with van der Waals surface area (Å²) in [5.74, 6) is 0.286. The van der Waals surface area contributed by atoms with Crippen molar-refractivity contribution in [3.8, 4) is 11.8 Å². The van der Waals surface area contributed by atoms with E-state index in [1.807, 2.05) is 36.6 Å². The number of thioether (sulfide) groups is 1. The average Bonchev–Trinajstić information content (AvgIpc) is 2.46. The van der Waals surface area contributed by atoms with E-state index in [4.69, 9.17) is 10.00 Å². The second-order valence-electron chi connectivity index (χ2n) is 3.87. The summed E-state index contributed by atoms with van der Waals surface area (Å²) in [5.41, 5.74) is 0.813. The number of nitriles is 1. The molecule has 0 aliphatic heterocycles. The highest BCUT2D eigenvalue weighted by molar-refractivity contribution is 7.98. The largest absolute Gasteiger partial charge is 0.488 e. The highest BCUT2D eigenvalue weighted by atomic mass is 32.2. The van der Waals surface area contributed by atoms with Crippen molar-refractivity contribution in [2.75, 3.05) is 6.26 Å². The van der Waals surface area contributed by atoms with E-state index in [1.54, 1.807) is 17.8 Å². The van der Waals surface area contributed by atoms with Gasteiger partial charge in [-0.15, -0.1) is 11.8 Å². The van der Waals surface area contributed by atoms with Crippen LogP contribution in [0.2, 0.25) is 0 Å². The summed E-state index contributed by atoms with van der Waals surface area (Å²) in [6, 6.07) is 14.0. The molecule has 0 atom stereocenters. The predicted octanol–water partition coefficient (Wildman–Crippen LogP) is 4.00. The van der Waals surface area contributed by atoms with Gasteiger partial charge in [0, 0.05) is 4.90 Å². The van der Waals surface area contributed by atoms with E-state index in [0.717, 1.165) is 16.2 Å². The van der Waals surface area contributed by atoms with Crippen LogP contribution in [-0.4, -0.2) is 6.26 Å². The number of para-hydroxylation sites is 1. The summed E-state index contributed by atoms with van der Waals surface area (Å²) in [7, 11) is 0. The fraction of sp³-hybridized carbons (Fsp3) is 0.133. The quantitative estimate of drug-likeness (QED) is 0.789. The Hall–Kier alpha value is -1.99. The highest BCUT2D eigenvalue weighted by Crippen LogP contribution is 2.27. The molecule has 0 unspecified atom stereocenters. The summed E-state index contributed by atoms with van der Waals surface area (Å²) in [5, 5.41) is 8.78. The van der Waals surface area contributed by atoms with Gasteiger partial charge in [0.1, 0.15) is 24.2 Å². The molecule has 0 N–H and O–H groups in total. The molecule has 0 aliphatic carbocycles. The molecule has 2 rings (SSSR count). The van der Waals surface area contributed by atoms with Crippen molar-refractivity contribution in [3.05, 3.63) is 59.4 Å². The molecular formula is C15H12FNOS. The van der Waals surface area contributed by atoms with Crippen molar-refractivity contribution in [3.63, 3.8) is 0 Å². The molecule has 0 radical (unpaired) electrons. The zero-order chi connectivity index (χ0) is 13.7. The third-order valence-corrected chi connectivity index (χ3v) is 3.39. The Morgan fingerprint density at radius 2 is 2.05 bits per heavy atom. The Balaban J connectivity index is 2.13. The first-order valence-electron chi connectivity index (χ1n) is 5.69. The lowest BCUT2D eigenvalue weighted by Gasteiger charge is -2.10. The van der Waals surface area contributed by atoms with E-state index in [9.17, 15) is 4.39 Å². The lowest BCUT2D eigenvalue weighted by atomic mass is 10.1. The first-order chi connectivity index (χ1) is 9.24. The summed E-state index contributed by atoms with van der Waals surface area (Å²) in [6.07, 6.45) is 1.98. The highest BCUT2D eigenvalue weighted by Gasteiger charge is 2.05. The number of ether oxygens (including phenoxy) is 1. The lowest BCUT2D eigenvalue weighted by Crippen LogP contribution is -1.98. The van der Waals surface area contributed by atoms with Gasteiger partial charge in [0.05, 0.1) is 5.56 Å². The standard InChI is InChI=1S/C15H12FNOS/c1-19-15-5-3-2-4-14(15)18-10-11-6-7-13(16)12(8-11)9-17/h2-8H,10H2,1H3. The van der Waals surface area contributed by atoms with Gasteiger partial charge in [-0.1, -0.05) is 18.2 Å². The number of rotatable bonds is 4. The van der Waals surface area contributed by atoms with E-state index < -0.39 is 5.82 Å². The molecule has 0 amide bonds. The zero-order valence-electron chi connectivity index (χ0n) is 10.4. The maximum atomic E-state index is 13.2. The number of hydrogen-bond acceptors (Lipinski definition) is 3. The molecule has 0 heterocycles. The van der Waals surface area contributed by atoms with Gasteiger partial charge >= 0.3 is 0 Å². The zero-order valence-corrected chi connectivity index (χ0v) is 11.2. The third kappa shape index (κ3) is 3.27. The number of nitrogens with zero attached hydrogens (tertiary/aromatic N) is 1. The summed E-state index contributed by atoms with van der Waals surface area (Å²) in [6.45, 7) is 0.312. The van der Waals surface area contributed by atoms with Crippen LogP contribution in [0, 0.1) is 17.1 Å². The lowest BCUT2D eigenvalue weighted by molar-refractivity contribution is 0.299. The molecule has 2 aromatic rings. The number of hydrogen-bond donors (Lipinski definition) is 0. The third-order valence-electron chi connectivity index (χ3n) is 2.61. The van der Waals surface area contributed by atoms with Gasteiger partial charge in [-0.25, -0.2) is 4.39 Å². The molecule has 4 heteroatoms. The molecule has 0 bridgehead atoms. The second kappa shape index (κ2) is 6.26. The van der Waals surface area contributed by atoms with Crippen molar-refractivity contribution in [2.24, 2.45) is 0 Å². The van der Waals surface area contributed by atoms with Crippen LogP contribution in [0.5, 0.6) is 5.75 Å². The van der Waals surface area contributed by atoms with Gasteiger partial charge in [0.2, 0.25) is 0 Å². The molecule has 0 saturated heterocycles. The molecular weight excluding hydrogens is 261 g/mol. The Labute approximate surface area is 115 Å². The SMILES string of the molecule is CSc1ccccc1OCc1ccc(F)c(C#N)c1. The maximum absolute atomic E-state index is 13.2. The molecule has 0 saturated carbocycles. The Morgan fingerprint density at radius 3 is 2.79 bits per heavy atom. The molecule has 2 aromatic carbocycles. The minimum atomic E-state index is -0.504. The molecule has 0 fully saturated rings. The van der Waals surface area contributed by atoms with E-state index >= 15 is 0 Å². The fourth-order valence-corrected chi connectivity index (χ4v) is 2.19. The van der Waals surface area contributed by atoms with E-state index in [1.165, 1.54) is 12.1 Å². The summed E-state index contributed by atoms with van der Waals surface area (Å²) >= 11 is 1.60. The van der Waals surface area contributed by atoms with E-state index in [2.05, 4.69) is 0 Å². The first kappa shape index (κ1) is 13.4. The Kier molecular flexibility index (Phi) is 4.43. The van der Waals surface area contributed by atoms with Crippen molar-refractivity contribution in [2.45, 2.75) is 11.5 Å². The molecule has 19 heavy (non-hydrogen) atoms. The van der Waals surface area contributed by atoms with Gasteiger partial charge in [-0.2, -0.15) is 5.26 Å². The monoisotopic (exact) mass is 273 g/mol. The van der Waals surface area contributed by atoms with Crippen LogP contribution in [0.3, 0.4) is 0 Å². The molecule has 2 nitrogen and oxygen atoms in total. The van der Waals surface area contributed by atoms with Gasteiger partial charge in [0.15, 0.2) is 0 Å². The minimum absolute atomic E-state index is 0.0410. The van der Waals surface area contributed by atoms with Crippen molar-refractivity contribution in [1.29, 1.82) is 5.26 Å². The Bertz CT molecular complexity index is 622. The van der Waals surface area contributed by atoms with Gasteiger partial charge in [-0.3, -0.25) is 0 Å². The number of benzene rings is 2. The number of halogens is 1. The van der Waals surface area contributed by atoms with Crippen molar-refractivity contribution in [1.82, 2.24) is 0 Å².